The van der Waals surface area contributed by atoms with Crippen LogP contribution in [-0.2, 0) is 0 Å². The summed E-state index contributed by atoms with van der Waals surface area (Å²) in [5, 5.41) is 0. The van der Waals surface area contributed by atoms with Crippen molar-refractivity contribution in [1.82, 2.24) is 4.98 Å². The van der Waals surface area contributed by atoms with Crippen molar-refractivity contribution in [3.05, 3.63) is 29.8 Å². The molecule has 3 heteroatoms. The number of hydrogen-bond donors (Lipinski definition) is 0. The lowest BCUT2D eigenvalue weighted by Gasteiger charge is -2.02. The van der Waals surface area contributed by atoms with Gasteiger partial charge in [0.1, 0.15) is 13.9 Å². The van der Waals surface area contributed by atoms with Crippen molar-refractivity contribution in [1.29, 1.82) is 0 Å². The lowest BCUT2D eigenvalue weighted by Crippen LogP contribution is -2.16. The van der Waals surface area contributed by atoms with E-state index in [0.717, 1.165) is 0 Å². The fourth-order valence-electron chi connectivity index (χ4n) is 0.740. The predicted octanol–water partition coefficient (Wildman–Crippen LogP) is 2.45. The first-order valence-electron chi connectivity index (χ1n) is 4.11. The van der Waals surface area contributed by atoms with Crippen molar-refractivity contribution < 1.29 is 4.39 Å². The average Bonchev–Trinajstić information content (AvgIpc) is 2.00. The second kappa shape index (κ2) is 3.71. The summed E-state index contributed by atoms with van der Waals surface area (Å²) in [5.74, 6) is 2.60. The molecule has 0 saturated heterocycles. The molecule has 0 N–H and O–H groups in total. The number of rotatable bonds is 0. The van der Waals surface area contributed by atoms with Crippen LogP contribution in [0.15, 0.2) is 18.5 Å². The lowest BCUT2D eigenvalue weighted by molar-refractivity contribution is 0.621. The van der Waals surface area contributed by atoms with E-state index < -0.39 is 8.07 Å². The Bertz CT molecular complexity index is 357. The molecule has 0 radical (unpaired) electrons. The second-order valence-electron chi connectivity index (χ2n) is 3.89. The smallest absolute Gasteiger partial charge is 0.142 e. The number of aromatic nitrogens is 1. The van der Waals surface area contributed by atoms with Crippen LogP contribution in [0.1, 0.15) is 5.56 Å². The van der Waals surface area contributed by atoms with Crippen molar-refractivity contribution in [2.24, 2.45) is 0 Å². The van der Waals surface area contributed by atoms with Gasteiger partial charge >= 0.3 is 0 Å². The van der Waals surface area contributed by atoms with Gasteiger partial charge in [0, 0.05) is 11.8 Å². The van der Waals surface area contributed by atoms with Gasteiger partial charge in [-0.05, 0) is 6.07 Å². The maximum Gasteiger partial charge on any atom is 0.142 e. The molecule has 0 amide bonds. The molecule has 0 spiro atoms. The molecule has 0 bridgehead atoms. The van der Waals surface area contributed by atoms with E-state index >= 15 is 0 Å². The Balaban J connectivity index is 2.90. The Morgan fingerprint density at radius 1 is 1.31 bits per heavy atom. The molecular weight excluding hydrogens is 181 g/mol. The molecule has 1 nitrogen and oxygen atoms in total. The molecule has 0 fully saturated rings. The van der Waals surface area contributed by atoms with Crippen molar-refractivity contribution in [2.45, 2.75) is 19.6 Å². The SMILES string of the molecule is C[Si](C)(C)C#Cc1cncc(F)c1. The van der Waals surface area contributed by atoms with E-state index in [1.54, 1.807) is 6.20 Å². The van der Waals surface area contributed by atoms with Crippen molar-refractivity contribution in [3.8, 4) is 11.5 Å². The summed E-state index contributed by atoms with van der Waals surface area (Å²) in [6, 6.07) is 1.40. The third kappa shape index (κ3) is 3.86. The quantitative estimate of drug-likeness (QED) is 0.455. The summed E-state index contributed by atoms with van der Waals surface area (Å²) in [7, 11) is -1.37. The highest BCUT2D eigenvalue weighted by atomic mass is 28.3. The van der Waals surface area contributed by atoms with Crippen LogP contribution in [0.5, 0.6) is 0 Å². The van der Waals surface area contributed by atoms with E-state index in [0.29, 0.717) is 5.56 Å². The van der Waals surface area contributed by atoms with E-state index in [1.807, 2.05) is 0 Å². The van der Waals surface area contributed by atoms with Crippen molar-refractivity contribution >= 4 is 8.07 Å². The topological polar surface area (TPSA) is 12.9 Å². The Labute approximate surface area is 79.0 Å². The second-order valence-corrected chi connectivity index (χ2v) is 8.64. The number of nitrogens with zero attached hydrogens (tertiary/aromatic N) is 1. The third-order valence-corrected chi connectivity index (χ3v) is 2.16. The third-order valence-electron chi connectivity index (χ3n) is 1.29. The molecule has 68 valence electrons. The Morgan fingerprint density at radius 2 is 2.00 bits per heavy atom. The van der Waals surface area contributed by atoms with Gasteiger partial charge in [0.2, 0.25) is 0 Å². The standard InChI is InChI=1S/C10H12FNSi/c1-13(2,3)5-4-9-6-10(11)8-12-7-9/h6-8H,1-3H3. The van der Waals surface area contributed by atoms with Crippen LogP contribution in [0.4, 0.5) is 4.39 Å². The zero-order chi connectivity index (χ0) is 9.90. The Kier molecular flexibility index (Phi) is 2.84. The molecule has 0 aromatic carbocycles. The monoisotopic (exact) mass is 193 g/mol. The molecule has 1 heterocycles. The number of pyridine rings is 1. The first kappa shape index (κ1) is 9.94. The van der Waals surface area contributed by atoms with E-state index in [2.05, 4.69) is 36.1 Å². The Morgan fingerprint density at radius 3 is 2.54 bits per heavy atom. The van der Waals surface area contributed by atoms with Crippen molar-refractivity contribution in [3.63, 3.8) is 0 Å². The van der Waals surface area contributed by atoms with E-state index in [9.17, 15) is 4.39 Å². The van der Waals surface area contributed by atoms with Crippen molar-refractivity contribution in [2.75, 3.05) is 0 Å². The summed E-state index contributed by atoms with van der Waals surface area (Å²) >= 11 is 0. The first-order chi connectivity index (χ1) is 5.97. The highest BCUT2D eigenvalue weighted by Gasteiger charge is 2.07. The van der Waals surface area contributed by atoms with Crippen LogP contribution >= 0.6 is 0 Å². The van der Waals surface area contributed by atoms with Gasteiger partial charge in [-0.25, -0.2) is 4.39 Å². The molecule has 0 atom stereocenters. The fourth-order valence-corrected chi connectivity index (χ4v) is 1.26. The average molecular weight is 193 g/mol. The van der Waals surface area contributed by atoms with Gasteiger partial charge in [0.05, 0.1) is 6.20 Å². The summed E-state index contributed by atoms with van der Waals surface area (Å²) in [6.07, 6.45) is 2.76. The highest BCUT2D eigenvalue weighted by molar-refractivity contribution is 6.83. The van der Waals surface area contributed by atoms with Gasteiger partial charge in [0.25, 0.3) is 0 Å². The molecule has 1 rings (SSSR count). The molecule has 0 saturated carbocycles. The summed E-state index contributed by atoms with van der Waals surface area (Å²) in [6.45, 7) is 6.44. The maximum absolute atomic E-state index is 12.7. The minimum Gasteiger partial charge on any atom is -0.260 e. The summed E-state index contributed by atoms with van der Waals surface area (Å²) < 4.78 is 12.7. The molecule has 0 aliphatic rings. The number of halogens is 1. The molecular formula is C10H12FNSi. The van der Waals surface area contributed by atoms with Gasteiger partial charge in [-0.2, -0.15) is 0 Å². The molecule has 1 aromatic rings. The summed E-state index contributed by atoms with van der Waals surface area (Å²) in [4.78, 5) is 3.72. The molecule has 13 heavy (non-hydrogen) atoms. The maximum atomic E-state index is 12.7. The predicted molar refractivity (Wildman–Crippen MR) is 54.4 cm³/mol. The highest BCUT2D eigenvalue weighted by Crippen LogP contribution is 2.01. The van der Waals surface area contributed by atoms with Gasteiger partial charge in [-0.3, -0.25) is 4.98 Å². The van der Waals surface area contributed by atoms with Crippen LogP contribution in [-0.4, -0.2) is 13.1 Å². The van der Waals surface area contributed by atoms with Crippen LogP contribution in [0.25, 0.3) is 0 Å². The molecule has 0 unspecified atom stereocenters. The largest absolute Gasteiger partial charge is 0.260 e. The molecule has 0 aliphatic heterocycles. The first-order valence-corrected chi connectivity index (χ1v) is 7.61. The van der Waals surface area contributed by atoms with Gasteiger partial charge < -0.3 is 0 Å². The van der Waals surface area contributed by atoms with Crippen LogP contribution in [0.3, 0.4) is 0 Å². The zero-order valence-corrected chi connectivity index (χ0v) is 9.06. The number of hydrogen-bond acceptors (Lipinski definition) is 1. The summed E-state index contributed by atoms with van der Waals surface area (Å²) in [5.41, 5.74) is 3.80. The van der Waals surface area contributed by atoms with Gasteiger partial charge in [-0.15, -0.1) is 5.54 Å². The van der Waals surface area contributed by atoms with E-state index in [4.69, 9.17) is 0 Å². The minimum absolute atomic E-state index is 0.331. The fraction of sp³-hybridized carbons (Fsp3) is 0.300. The minimum atomic E-state index is -1.37. The van der Waals surface area contributed by atoms with Gasteiger partial charge in [-0.1, -0.05) is 25.6 Å². The normalized spacial score (nSPS) is 10.5. The zero-order valence-electron chi connectivity index (χ0n) is 8.06. The van der Waals surface area contributed by atoms with Crippen LogP contribution in [0.2, 0.25) is 19.6 Å². The molecule has 1 aromatic heterocycles. The van der Waals surface area contributed by atoms with E-state index in [1.165, 1.54) is 12.3 Å². The van der Waals surface area contributed by atoms with Gasteiger partial charge in [0.15, 0.2) is 0 Å². The van der Waals surface area contributed by atoms with Crippen LogP contribution < -0.4 is 0 Å². The molecule has 0 aliphatic carbocycles. The van der Waals surface area contributed by atoms with Crippen LogP contribution in [0, 0.1) is 17.3 Å². The lowest BCUT2D eigenvalue weighted by atomic mass is 10.3. The van der Waals surface area contributed by atoms with E-state index in [-0.39, 0.29) is 5.82 Å². The Hall–Kier alpha value is -1.14.